The lowest BCUT2D eigenvalue weighted by Gasteiger charge is -2.12. The maximum Gasteiger partial charge on any atom is 0.276 e. The Hall–Kier alpha value is -1.82. The standard InChI is InChI=1S/C16H25N3O2S/c1-4-13-5-7-14(8-6-13)21-11-15(20)18-19-16(22)17-10-9-12(2)3/h5-8,12H,4,9-11H2,1-3H3,(H,18,20)(H2,17,19,22). The smallest absolute Gasteiger partial charge is 0.276 e. The molecule has 1 amide bonds. The molecule has 122 valence electrons. The largest absolute Gasteiger partial charge is 0.484 e. The van der Waals surface area contributed by atoms with Crippen LogP contribution in [0.2, 0.25) is 0 Å². The number of hydrazine groups is 1. The Morgan fingerprint density at radius 1 is 1.23 bits per heavy atom. The maximum absolute atomic E-state index is 11.6. The van der Waals surface area contributed by atoms with Crippen molar-refractivity contribution in [3.8, 4) is 5.75 Å². The summed E-state index contributed by atoms with van der Waals surface area (Å²) < 4.78 is 5.40. The van der Waals surface area contributed by atoms with Crippen LogP contribution in [0, 0.1) is 5.92 Å². The zero-order valence-electron chi connectivity index (χ0n) is 13.4. The molecule has 0 aromatic heterocycles. The fourth-order valence-electron chi connectivity index (χ4n) is 1.65. The number of aryl methyl sites for hydroxylation is 1. The summed E-state index contributed by atoms with van der Waals surface area (Å²) in [6.07, 6.45) is 2.00. The fraction of sp³-hybridized carbons (Fsp3) is 0.500. The molecule has 5 nitrogen and oxygen atoms in total. The van der Waals surface area contributed by atoms with Gasteiger partial charge in [0, 0.05) is 6.54 Å². The molecule has 0 aliphatic carbocycles. The second-order valence-electron chi connectivity index (χ2n) is 5.40. The number of ether oxygens (including phenoxy) is 1. The summed E-state index contributed by atoms with van der Waals surface area (Å²) in [5.41, 5.74) is 6.38. The summed E-state index contributed by atoms with van der Waals surface area (Å²) in [4.78, 5) is 11.6. The molecule has 0 spiro atoms. The number of nitrogens with one attached hydrogen (secondary N) is 3. The quantitative estimate of drug-likeness (QED) is 0.530. The van der Waals surface area contributed by atoms with Gasteiger partial charge in [0.2, 0.25) is 0 Å². The SMILES string of the molecule is CCc1ccc(OCC(=O)NNC(=S)NCCC(C)C)cc1. The van der Waals surface area contributed by atoms with E-state index in [1.807, 2.05) is 24.3 Å². The number of benzene rings is 1. The van der Waals surface area contributed by atoms with Crippen molar-refractivity contribution in [3.63, 3.8) is 0 Å². The third-order valence-electron chi connectivity index (χ3n) is 3.02. The third-order valence-corrected chi connectivity index (χ3v) is 3.27. The van der Waals surface area contributed by atoms with Crippen molar-refractivity contribution in [2.45, 2.75) is 33.6 Å². The van der Waals surface area contributed by atoms with Gasteiger partial charge in [-0.3, -0.25) is 15.6 Å². The highest BCUT2D eigenvalue weighted by atomic mass is 32.1. The van der Waals surface area contributed by atoms with E-state index in [9.17, 15) is 4.79 Å². The lowest BCUT2D eigenvalue weighted by atomic mass is 10.1. The molecule has 0 saturated carbocycles. The Morgan fingerprint density at radius 2 is 1.91 bits per heavy atom. The van der Waals surface area contributed by atoms with Gasteiger partial charge < -0.3 is 10.1 Å². The Labute approximate surface area is 137 Å². The van der Waals surface area contributed by atoms with Gasteiger partial charge in [0.05, 0.1) is 0 Å². The van der Waals surface area contributed by atoms with Crippen molar-refractivity contribution in [1.82, 2.24) is 16.2 Å². The van der Waals surface area contributed by atoms with E-state index in [4.69, 9.17) is 17.0 Å². The van der Waals surface area contributed by atoms with Gasteiger partial charge in [0.25, 0.3) is 5.91 Å². The van der Waals surface area contributed by atoms with E-state index in [1.165, 1.54) is 5.56 Å². The summed E-state index contributed by atoms with van der Waals surface area (Å²) in [5, 5.41) is 3.42. The summed E-state index contributed by atoms with van der Waals surface area (Å²) in [5.74, 6) is 0.995. The van der Waals surface area contributed by atoms with Gasteiger partial charge in [-0.25, -0.2) is 0 Å². The molecular weight excluding hydrogens is 298 g/mol. The highest BCUT2D eigenvalue weighted by Crippen LogP contribution is 2.12. The van der Waals surface area contributed by atoms with Crippen LogP contribution in [-0.2, 0) is 11.2 Å². The average molecular weight is 323 g/mol. The van der Waals surface area contributed by atoms with Crippen molar-refractivity contribution in [1.29, 1.82) is 0 Å². The fourth-order valence-corrected chi connectivity index (χ4v) is 1.80. The number of rotatable bonds is 7. The van der Waals surface area contributed by atoms with Gasteiger partial charge in [-0.1, -0.05) is 32.9 Å². The molecule has 1 rings (SSSR count). The molecule has 6 heteroatoms. The predicted octanol–water partition coefficient (Wildman–Crippen LogP) is 2.17. The van der Waals surface area contributed by atoms with Gasteiger partial charge in [-0.2, -0.15) is 0 Å². The first-order valence-corrected chi connectivity index (χ1v) is 7.96. The van der Waals surface area contributed by atoms with Crippen LogP contribution in [0.15, 0.2) is 24.3 Å². The van der Waals surface area contributed by atoms with Crippen LogP contribution in [0.1, 0.15) is 32.8 Å². The lowest BCUT2D eigenvalue weighted by molar-refractivity contribution is -0.123. The molecule has 0 radical (unpaired) electrons. The Morgan fingerprint density at radius 3 is 2.50 bits per heavy atom. The summed E-state index contributed by atoms with van der Waals surface area (Å²) in [6.45, 7) is 7.09. The minimum Gasteiger partial charge on any atom is -0.484 e. The monoisotopic (exact) mass is 323 g/mol. The zero-order valence-corrected chi connectivity index (χ0v) is 14.3. The number of hydrogen-bond donors (Lipinski definition) is 3. The van der Waals surface area contributed by atoms with Gasteiger partial charge >= 0.3 is 0 Å². The summed E-state index contributed by atoms with van der Waals surface area (Å²) >= 11 is 5.05. The van der Waals surface area contributed by atoms with Crippen LogP contribution in [0.4, 0.5) is 0 Å². The second kappa shape index (κ2) is 10.00. The van der Waals surface area contributed by atoms with Gasteiger partial charge in [-0.05, 0) is 48.7 Å². The maximum atomic E-state index is 11.6. The van der Waals surface area contributed by atoms with Gasteiger partial charge in [0.15, 0.2) is 11.7 Å². The van der Waals surface area contributed by atoms with Crippen LogP contribution in [0.3, 0.4) is 0 Å². The topological polar surface area (TPSA) is 62.4 Å². The van der Waals surface area contributed by atoms with Crippen LogP contribution < -0.4 is 20.9 Å². The van der Waals surface area contributed by atoms with Gasteiger partial charge in [0.1, 0.15) is 5.75 Å². The minimum atomic E-state index is -0.285. The Balaban J connectivity index is 2.18. The molecule has 0 aliphatic rings. The third kappa shape index (κ3) is 7.83. The minimum absolute atomic E-state index is 0.0624. The van der Waals surface area contributed by atoms with E-state index in [0.29, 0.717) is 16.8 Å². The molecule has 0 bridgehead atoms. The van der Waals surface area contributed by atoms with E-state index >= 15 is 0 Å². The molecular formula is C16H25N3O2S. The van der Waals surface area contributed by atoms with Crippen LogP contribution in [0.5, 0.6) is 5.75 Å². The zero-order chi connectivity index (χ0) is 16.4. The Bertz CT molecular complexity index is 475. The number of amides is 1. The van der Waals surface area contributed by atoms with E-state index in [0.717, 1.165) is 19.4 Å². The number of carbonyl (C=O) groups excluding carboxylic acids is 1. The predicted molar refractivity (Wildman–Crippen MR) is 92.6 cm³/mol. The molecule has 0 aliphatic heterocycles. The first kappa shape index (κ1) is 18.2. The first-order chi connectivity index (χ1) is 10.5. The Kier molecular flexibility index (Phi) is 8.28. The first-order valence-electron chi connectivity index (χ1n) is 7.55. The number of thiocarbonyl (C=S) groups is 1. The van der Waals surface area contributed by atoms with E-state index in [2.05, 4.69) is 36.9 Å². The van der Waals surface area contributed by atoms with Gasteiger partial charge in [-0.15, -0.1) is 0 Å². The van der Waals surface area contributed by atoms with Crippen LogP contribution in [0.25, 0.3) is 0 Å². The van der Waals surface area contributed by atoms with Crippen molar-refractivity contribution in [3.05, 3.63) is 29.8 Å². The van der Waals surface area contributed by atoms with Crippen molar-refractivity contribution in [2.75, 3.05) is 13.2 Å². The second-order valence-corrected chi connectivity index (χ2v) is 5.81. The van der Waals surface area contributed by atoms with E-state index in [-0.39, 0.29) is 12.5 Å². The van der Waals surface area contributed by atoms with Crippen molar-refractivity contribution in [2.24, 2.45) is 5.92 Å². The molecule has 0 saturated heterocycles. The van der Waals surface area contributed by atoms with Crippen molar-refractivity contribution >= 4 is 23.2 Å². The lowest BCUT2D eigenvalue weighted by Crippen LogP contribution is -2.48. The molecule has 1 aromatic rings. The normalized spacial score (nSPS) is 10.2. The summed E-state index contributed by atoms with van der Waals surface area (Å²) in [6, 6.07) is 7.69. The summed E-state index contributed by atoms with van der Waals surface area (Å²) in [7, 11) is 0. The molecule has 3 N–H and O–H groups in total. The number of carbonyl (C=O) groups is 1. The highest BCUT2D eigenvalue weighted by Gasteiger charge is 2.03. The number of hydrogen-bond acceptors (Lipinski definition) is 3. The molecule has 0 heterocycles. The molecule has 0 fully saturated rings. The van der Waals surface area contributed by atoms with E-state index in [1.54, 1.807) is 0 Å². The molecule has 22 heavy (non-hydrogen) atoms. The molecule has 0 atom stereocenters. The highest BCUT2D eigenvalue weighted by molar-refractivity contribution is 7.80. The van der Waals surface area contributed by atoms with Crippen LogP contribution >= 0.6 is 12.2 Å². The van der Waals surface area contributed by atoms with E-state index < -0.39 is 0 Å². The van der Waals surface area contributed by atoms with Crippen LogP contribution in [-0.4, -0.2) is 24.2 Å². The van der Waals surface area contributed by atoms with Crippen molar-refractivity contribution < 1.29 is 9.53 Å². The average Bonchev–Trinajstić information content (AvgIpc) is 2.51. The molecule has 1 aromatic carbocycles. The molecule has 0 unspecified atom stereocenters.